The Morgan fingerprint density at radius 1 is 1.11 bits per heavy atom. The summed E-state index contributed by atoms with van der Waals surface area (Å²) in [6.07, 6.45) is 2.55. The van der Waals surface area contributed by atoms with Gasteiger partial charge in [0.25, 0.3) is 0 Å². The number of anilines is 1. The van der Waals surface area contributed by atoms with Gasteiger partial charge in [0.2, 0.25) is 17.0 Å². The van der Waals surface area contributed by atoms with Crippen molar-refractivity contribution in [2.75, 3.05) is 5.32 Å². The highest BCUT2D eigenvalue weighted by atomic mass is 35.5. The second kappa shape index (κ2) is 12.2. The quantitative estimate of drug-likeness (QED) is 0.291. The Labute approximate surface area is 228 Å². The van der Waals surface area contributed by atoms with Crippen LogP contribution in [0.5, 0.6) is 11.5 Å². The number of hydrogen-bond acceptors (Lipinski definition) is 4. The second-order valence-electron chi connectivity index (χ2n) is 10.9. The second-order valence-corrected chi connectivity index (χ2v) is 13.0. The van der Waals surface area contributed by atoms with Crippen molar-refractivity contribution in [1.82, 2.24) is 0 Å². The van der Waals surface area contributed by atoms with E-state index >= 15 is 0 Å². The highest BCUT2D eigenvalue weighted by molar-refractivity contribution is 7.82. The molecule has 0 fully saturated rings. The number of hydrogen-bond donors (Lipinski definition) is 2. The predicted octanol–water partition coefficient (Wildman–Crippen LogP) is 8.00. The van der Waals surface area contributed by atoms with E-state index < -0.39 is 22.2 Å². The summed E-state index contributed by atoms with van der Waals surface area (Å²) in [7, 11) is 0. The van der Waals surface area contributed by atoms with Crippen LogP contribution in [0, 0.1) is 5.41 Å². The summed E-state index contributed by atoms with van der Waals surface area (Å²) in [6.45, 7) is 16.5. The molecule has 0 heterocycles. The third-order valence-electron chi connectivity index (χ3n) is 6.36. The lowest BCUT2D eigenvalue weighted by atomic mass is 9.79. The third-order valence-corrected chi connectivity index (χ3v) is 8.46. The minimum absolute atomic E-state index is 0.0713. The lowest BCUT2D eigenvalue weighted by Crippen LogP contribution is -2.33. The van der Waals surface area contributed by atoms with Crippen LogP contribution in [0.4, 0.5) is 5.69 Å². The average Bonchev–Trinajstić information content (AvgIpc) is 2.78. The van der Waals surface area contributed by atoms with Gasteiger partial charge < -0.3 is 14.6 Å². The van der Waals surface area contributed by atoms with Crippen molar-refractivity contribution in [3.63, 3.8) is 0 Å². The van der Waals surface area contributed by atoms with Crippen molar-refractivity contribution in [3.05, 3.63) is 51.0 Å². The van der Waals surface area contributed by atoms with Crippen LogP contribution in [0.2, 0.25) is 10.0 Å². The van der Waals surface area contributed by atoms with E-state index in [1.165, 1.54) is 11.6 Å². The van der Waals surface area contributed by atoms with Gasteiger partial charge in [0.1, 0.15) is 5.75 Å². The number of phenols is 1. The molecule has 2 N–H and O–H groups in total. The largest absolute Gasteiger partial charge is 0.504 e. The van der Waals surface area contributed by atoms with Crippen molar-refractivity contribution in [3.8, 4) is 11.5 Å². The van der Waals surface area contributed by atoms with E-state index in [9.17, 15) is 14.1 Å². The summed E-state index contributed by atoms with van der Waals surface area (Å²) in [5.41, 5.74) is 2.72. The topological polar surface area (TPSA) is 75.6 Å². The standard InChI is InChI=1S/C28H39Cl2NO4S/c1-9-18-20(29)15-21(25(32)24(18)30)31-26(33)23(10-2)36(34)35-22-13-12-17(16-27(4,5)6)14-19(22)28(7,8)11-3/h12-15,23,32H,9-11,16H2,1-8H3,(H,31,33). The summed E-state index contributed by atoms with van der Waals surface area (Å²) in [4.78, 5) is 13.1. The van der Waals surface area contributed by atoms with Crippen LogP contribution >= 0.6 is 23.2 Å². The van der Waals surface area contributed by atoms with E-state index in [4.69, 9.17) is 27.4 Å². The van der Waals surface area contributed by atoms with Crippen LogP contribution < -0.4 is 9.50 Å². The van der Waals surface area contributed by atoms with Crippen LogP contribution in [-0.2, 0) is 34.1 Å². The molecule has 36 heavy (non-hydrogen) atoms. The zero-order valence-electron chi connectivity index (χ0n) is 22.6. The van der Waals surface area contributed by atoms with Crippen molar-refractivity contribution >= 4 is 45.9 Å². The highest BCUT2D eigenvalue weighted by Gasteiger charge is 2.30. The summed E-state index contributed by atoms with van der Waals surface area (Å²) in [5.74, 6) is -0.317. The highest BCUT2D eigenvalue weighted by Crippen LogP contribution is 2.40. The van der Waals surface area contributed by atoms with Gasteiger partial charge in [-0.3, -0.25) is 4.79 Å². The summed E-state index contributed by atoms with van der Waals surface area (Å²) in [5, 5.41) is 12.5. The fourth-order valence-electron chi connectivity index (χ4n) is 3.93. The number of amides is 1. The zero-order valence-corrected chi connectivity index (χ0v) is 24.9. The number of carbonyl (C=O) groups is 1. The van der Waals surface area contributed by atoms with Gasteiger partial charge in [0.05, 0.1) is 10.7 Å². The molecule has 2 atom stereocenters. The predicted molar refractivity (Wildman–Crippen MR) is 152 cm³/mol. The molecule has 0 radical (unpaired) electrons. The molecule has 0 bridgehead atoms. The van der Waals surface area contributed by atoms with Gasteiger partial charge in [-0.2, -0.15) is 0 Å². The molecular formula is C28H39Cl2NO4S. The number of aromatic hydroxyl groups is 1. The average molecular weight is 557 g/mol. The van der Waals surface area contributed by atoms with Gasteiger partial charge in [-0.05, 0) is 59.8 Å². The number of benzene rings is 2. The molecular weight excluding hydrogens is 517 g/mol. The Kier molecular flexibility index (Phi) is 10.3. The summed E-state index contributed by atoms with van der Waals surface area (Å²) >= 11 is 10.5. The van der Waals surface area contributed by atoms with Gasteiger partial charge in [0.15, 0.2) is 11.0 Å². The maximum Gasteiger partial charge on any atom is 0.243 e. The van der Waals surface area contributed by atoms with Crippen LogP contribution in [0.15, 0.2) is 24.3 Å². The SMILES string of the molecule is CCc1c(Cl)cc(NC(=O)C(CC)S(=O)Oc2ccc(CC(C)(C)C)cc2C(C)(C)CC)c(O)c1Cl. The third kappa shape index (κ3) is 7.39. The van der Waals surface area contributed by atoms with Gasteiger partial charge in [-0.1, -0.05) is 90.7 Å². The van der Waals surface area contributed by atoms with Crippen molar-refractivity contribution in [2.45, 2.75) is 91.7 Å². The van der Waals surface area contributed by atoms with E-state index in [1.807, 2.05) is 19.1 Å². The number of nitrogens with one attached hydrogen (secondary N) is 1. The van der Waals surface area contributed by atoms with Crippen molar-refractivity contribution < 1.29 is 18.3 Å². The molecule has 2 aromatic carbocycles. The molecule has 0 aliphatic carbocycles. The minimum atomic E-state index is -1.97. The number of carbonyl (C=O) groups excluding carboxylic acids is 1. The molecule has 2 aromatic rings. The van der Waals surface area contributed by atoms with Crippen LogP contribution in [0.25, 0.3) is 0 Å². The lowest BCUT2D eigenvalue weighted by molar-refractivity contribution is -0.115. The molecule has 0 saturated carbocycles. The molecule has 1 amide bonds. The summed E-state index contributed by atoms with van der Waals surface area (Å²) < 4.78 is 19.2. The van der Waals surface area contributed by atoms with E-state index in [2.05, 4.69) is 52.9 Å². The van der Waals surface area contributed by atoms with Crippen LogP contribution in [0.1, 0.15) is 84.9 Å². The van der Waals surface area contributed by atoms with Gasteiger partial charge >= 0.3 is 0 Å². The van der Waals surface area contributed by atoms with Crippen molar-refractivity contribution in [1.29, 1.82) is 0 Å². The number of rotatable bonds is 10. The molecule has 0 aliphatic heterocycles. The Bertz CT molecular complexity index is 1130. The first-order chi connectivity index (χ1) is 16.6. The Hall–Kier alpha value is -1.76. The van der Waals surface area contributed by atoms with Gasteiger partial charge in [-0.15, -0.1) is 0 Å². The smallest absolute Gasteiger partial charge is 0.243 e. The Morgan fingerprint density at radius 2 is 1.75 bits per heavy atom. The van der Waals surface area contributed by atoms with Crippen molar-refractivity contribution in [2.24, 2.45) is 5.41 Å². The van der Waals surface area contributed by atoms with Crippen LogP contribution in [0.3, 0.4) is 0 Å². The first-order valence-corrected chi connectivity index (χ1v) is 14.3. The molecule has 0 saturated heterocycles. The maximum absolute atomic E-state index is 13.3. The number of halogens is 2. The molecule has 0 aromatic heterocycles. The van der Waals surface area contributed by atoms with E-state index in [0.717, 1.165) is 18.4 Å². The minimum Gasteiger partial charge on any atom is -0.504 e. The molecule has 0 spiro atoms. The van der Waals surface area contributed by atoms with Gasteiger partial charge in [-0.25, -0.2) is 4.21 Å². The Morgan fingerprint density at radius 3 is 2.28 bits per heavy atom. The van der Waals surface area contributed by atoms with E-state index in [-0.39, 0.29) is 33.7 Å². The normalized spacial score (nSPS) is 13.8. The molecule has 5 nitrogen and oxygen atoms in total. The summed E-state index contributed by atoms with van der Waals surface area (Å²) in [6, 6.07) is 7.42. The molecule has 200 valence electrons. The Balaban J connectivity index is 2.34. The molecule has 2 unspecified atom stereocenters. The monoisotopic (exact) mass is 555 g/mol. The van der Waals surface area contributed by atoms with E-state index in [1.54, 1.807) is 6.92 Å². The van der Waals surface area contributed by atoms with Crippen LogP contribution in [-0.4, -0.2) is 20.5 Å². The zero-order chi connectivity index (χ0) is 27.4. The first kappa shape index (κ1) is 30.5. The maximum atomic E-state index is 13.3. The first-order valence-electron chi connectivity index (χ1n) is 12.4. The molecule has 0 aliphatic rings. The molecule has 8 heteroatoms. The van der Waals surface area contributed by atoms with E-state index in [0.29, 0.717) is 22.8 Å². The molecule has 2 rings (SSSR count). The van der Waals surface area contributed by atoms with Gasteiger partial charge in [0, 0.05) is 10.6 Å². The fraction of sp³-hybridized carbons (Fsp3) is 0.536. The fourth-order valence-corrected chi connectivity index (χ4v) is 5.59. The number of phenolic OH excluding ortho intramolecular Hbond substituents is 1. The lowest BCUT2D eigenvalue weighted by Gasteiger charge is -2.28.